The molecule has 1 aliphatic heterocycles. The lowest BCUT2D eigenvalue weighted by Crippen LogP contribution is -2.50. The van der Waals surface area contributed by atoms with Gasteiger partial charge in [-0.05, 0) is 24.3 Å². The number of hydrogen-bond acceptors (Lipinski definition) is 7. The van der Waals surface area contributed by atoms with Crippen LogP contribution in [0.5, 0.6) is 5.75 Å². The highest BCUT2D eigenvalue weighted by molar-refractivity contribution is 6.10. The van der Waals surface area contributed by atoms with Gasteiger partial charge in [0.2, 0.25) is 0 Å². The number of para-hydroxylation sites is 1. The summed E-state index contributed by atoms with van der Waals surface area (Å²) in [5.74, 6) is -0.145. The molecule has 176 valence electrons. The average Bonchev–Trinajstić information content (AvgIpc) is 3.48. The summed E-state index contributed by atoms with van der Waals surface area (Å²) in [4.78, 5) is 29.6. The predicted molar refractivity (Wildman–Crippen MR) is 125 cm³/mol. The average molecular weight is 464 g/mol. The number of aromatic nitrogens is 1. The Balaban J connectivity index is 1.15. The summed E-state index contributed by atoms with van der Waals surface area (Å²) in [6.07, 6.45) is -0.699. The molecule has 1 aliphatic rings. The number of nitrogens with one attached hydrogen (secondary N) is 1. The molecule has 1 atom stereocenters. The molecule has 10 nitrogen and oxygen atoms in total. The summed E-state index contributed by atoms with van der Waals surface area (Å²) in [6.45, 7) is 2.59. The summed E-state index contributed by atoms with van der Waals surface area (Å²) >= 11 is 0. The number of nitro groups is 1. The quantitative estimate of drug-likeness (QED) is 0.318. The molecule has 4 aromatic rings. The van der Waals surface area contributed by atoms with E-state index in [1.54, 1.807) is 4.90 Å². The number of carbonyl (C=O) groups excluding carboxylic acids is 1. The van der Waals surface area contributed by atoms with Crippen molar-refractivity contribution in [3.05, 3.63) is 70.5 Å². The van der Waals surface area contributed by atoms with E-state index in [4.69, 9.17) is 9.15 Å². The SMILES string of the molecule is O=C(c1ccc([N+](=O)[O-])o1)N1CCN(CC(O)COc2cccc3[nH]c4ccccc4c23)CC1. The standard InChI is InChI=1S/C24H24N4O6/c29-16(15-33-20-7-3-6-19-23(20)17-4-1-2-5-18(17)25-19)14-26-10-12-27(13-11-26)24(30)21-8-9-22(34-21)28(31)32/h1-9,16,25,29H,10-15H2. The number of hydrogen-bond donors (Lipinski definition) is 2. The van der Waals surface area contributed by atoms with Crippen molar-refractivity contribution in [3.8, 4) is 5.75 Å². The van der Waals surface area contributed by atoms with Gasteiger partial charge in [-0.3, -0.25) is 19.8 Å². The Morgan fingerprint density at radius 1 is 1.09 bits per heavy atom. The second kappa shape index (κ2) is 9.16. The first kappa shape index (κ1) is 21.9. The molecule has 0 bridgehead atoms. The van der Waals surface area contributed by atoms with E-state index >= 15 is 0 Å². The van der Waals surface area contributed by atoms with E-state index in [0.29, 0.717) is 32.7 Å². The number of aromatic amines is 1. The lowest BCUT2D eigenvalue weighted by Gasteiger charge is -2.35. The topological polar surface area (TPSA) is 125 Å². The number of ether oxygens (including phenoxy) is 1. The van der Waals surface area contributed by atoms with Crippen LogP contribution >= 0.6 is 0 Å². The van der Waals surface area contributed by atoms with Gasteiger partial charge >= 0.3 is 5.88 Å². The number of H-pyrrole nitrogens is 1. The minimum atomic E-state index is -0.699. The van der Waals surface area contributed by atoms with E-state index in [2.05, 4.69) is 9.88 Å². The molecule has 2 aromatic heterocycles. The molecule has 0 radical (unpaired) electrons. The molecule has 1 amide bonds. The maximum Gasteiger partial charge on any atom is 0.433 e. The maximum atomic E-state index is 12.5. The third-order valence-corrected chi connectivity index (χ3v) is 6.03. The number of furan rings is 1. The van der Waals surface area contributed by atoms with Crippen molar-refractivity contribution in [2.75, 3.05) is 39.3 Å². The first-order chi connectivity index (χ1) is 16.5. The van der Waals surface area contributed by atoms with E-state index < -0.39 is 16.9 Å². The fourth-order valence-electron chi connectivity index (χ4n) is 4.36. The number of aliphatic hydroxyl groups is 1. The van der Waals surface area contributed by atoms with Crippen LogP contribution in [-0.2, 0) is 0 Å². The second-order valence-corrected chi connectivity index (χ2v) is 8.30. The van der Waals surface area contributed by atoms with Crippen LogP contribution in [0, 0.1) is 10.1 Å². The van der Waals surface area contributed by atoms with Gasteiger partial charge in [0.05, 0.1) is 11.6 Å². The number of rotatable bonds is 7. The van der Waals surface area contributed by atoms with Crippen molar-refractivity contribution < 1.29 is 24.0 Å². The number of aliphatic hydroxyl groups excluding tert-OH is 1. The van der Waals surface area contributed by atoms with E-state index in [1.165, 1.54) is 12.1 Å². The highest BCUT2D eigenvalue weighted by Crippen LogP contribution is 2.33. The number of fused-ring (bicyclic) bond motifs is 3. The molecule has 1 fully saturated rings. The molecule has 0 saturated carbocycles. The van der Waals surface area contributed by atoms with Gasteiger partial charge in [-0.15, -0.1) is 0 Å². The first-order valence-corrected chi connectivity index (χ1v) is 11.1. The van der Waals surface area contributed by atoms with Gasteiger partial charge in [-0.1, -0.05) is 24.3 Å². The Kier molecular flexibility index (Phi) is 5.91. The minimum Gasteiger partial charge on any atom is -0.490 e. The third kappa shape index (κ3) is 4.33. The Labute approximate surface area is 194 Å². The number of β-amino-alcohol motifs (C(OH)–C–C–N with tert-alkyl or cyclic N) is 1. The molecule has 2 aromatic carbocycles. The number of carbonyl (C=O) groups is 1. The van der Waals surface area contributed by atoms with Gasteiger partial charge < -0.3 is 24.1 Å². The number of amides is 1. The van der Waals surface area contributed by atoms with Crippen LogP contribution in [0.3, 0.4) is 0 Å². The summed E-state index contributed by atoms with van der Waals surface area (Å²) in [5, 5.41) is 23.4. The zero-order chi connectivity index (χ0) is 23.7. The Bertz CT molecular complexity index is 1340. The van der Waals surface area contributed by atoms with Crippen LogP contribution in [0.1, 0.15) is 10.6 Å². The molecule has 3 heterocycles. The lowest BCUT2D eigenvalue weighted by atomic mass is 10.1. The Morgan fingerprint density at radius 3 is 2.62 bits per heavy atom. The number of piperazine rings is 1. The van der Waals surface area contributed by atoms with Crippen LogP contribution in [0.4, 0.5) is 5.88 Å². The minimum absolute atomic E-state index is 0.0416. The molecule has 2 N–H and O–H groups in total. The van der Waals surface area contributed by atoms with Gasteiger partial charge in [0.15, 0.2) is 5.76 Å². The van der Waals surface area contributed by atoms with Gasteiger partial charge in [0.1, 0.15) is 23.4 Å². The molecule has 0 aliphatic carbocycles. The van der Waals surface area contributed by atoms with E-state index in [-0.39, 0.29) is 18.3 Å². The van der Waals surface area contributed by atoms with Gasteiger partial charge in [0, 0.05) is 49.0 Å². The molecule has 10 heteroatoms. The van der Waals surface area contributed by atoms with Crippen LogP contribution < -0.4 is 4.74 Å². The summed E-state index contributed by atoms with van der Waals surface area (Å²) in [5.41, 5.74) is 2.02. The number of benzene rings is 2. The van der Waals surface area contributed by atoms with Gasteiger partial charge in [-0.25, -0.2) is 0 Å². The zero-order valence-electron chi connectivity index (χ0n) is 18.3. The van der Waals surface area contributed by atoms with Crippen molar-refractivity contribution in [3.63, 3.8) is 0 Å². The monoisotopic (exact) mass is 464 g/mol. The Hall–Kier alpha value is -3.89. The van der Waals surface area contributed by atoms with Crippen LogP contribution in [0.2, 0.25) is 0 Å². The van der Waals surface area contributed by atoms with Crippen molar-refractivity contribution in [1.29, 1.82) is 0 Å². The molecule has 1 saturated heterocycles. The Morgan fingerprint density at radius 2 is 1.85 bits per heavy atom. The van der Waals surface area contributed by atoms with Crippen LogP contribution in [-0.4, -0.2) is 76.2 Å². The highest BCUT2D eigenvalue weighted by atomic mass is 16.6. The zero-order valence-corrected chi connectivity index (χ0v) is 18.3. The summed E-state index contributed by atoms with van der Waals surface area (Å²) in [7, 11) is 0. The molecule has 5 rings (SSSR count). The smallest absolute Gasteiger partial charge is 0.433 e. The van der Waals surface area contributed by atoms with Crippen molar-refractivity contribution in [1.82, 2.24) is 14.8 Å². The molecule has 34 heavy (non-hydrogen) atoms. The third-order valence-electron chi connectivity index (χ3n) is 6.03. The van der Waals surface area contributed by atoms with Crippen molar-refractivity contribution in [2.45, 2.75) is 6.10 Å². The van der Waals surface area contributed by atoms with Crippen molar-refractivity contribution in [2.24, 2.45) is 0 Å². The molecule has 1 unspecified atom stereocenters. The summed E-state index contributed by atoms with van der Waals surface area (Å²) < 4.78 is 11.0. The molecule has 0 spiro atoms. The lowest BCUT2D eigenvalue weighted by molar-refractivity contribution is -0.402. The molecular formula is C24H24N4O6. The summed E-state index contributed by atoms with van der Waals surface area (Å²) in [6, 6.07) is 16.3. The van der Waals surface area contributed by atoms with Crippen LogP contribution in [0.25, 0.3) is 21.8 Å². The largest absolute Gasteiger partial charge is 0.490 e. The fraction of sp³-hybridized carbons (Fsp3) is 0.292. The normalized spacial score (nSPS) is 15.6. The number of nitrogens with zero attached hydrogens (tertiary/aromatic N) is 3. The van der Waals surface area contributed by atoms with E-state index in [0.717, 1.165) is 27.6 Å². The van der Waals surface area contributed by atoms with Gasteiger partial charge in [-0.2, -0.15) is 0 Å². The highest BCUT2D eigenvalue weighted by Gasteiger charge is 2.27. The van der Waals surface area contributed by atoms with Crippen molar-refractivity contribution >= 4 is 33.6 Å². The fourth-order valence-corrected chi connectivity index (χ4v) is 4.36. The van der Waals surface area contributed by atoms with E-state index in [9.17, 15) is 20.0 Å². The predicted octanol–water partition coefficient (Wildman–Crippen LogP) is 3.02. The maximum absolute atomic E-state index is 12.5. The first-order valence-electron chi connectivity index (χ1n) is 11.1. The molecular weight excluding hydrogens is 440 g/mol. The van der Waals surface area contributed by atoms with E-state index in [1.807, 2.05) is 42.5 Å². The second-order valence-electron chi connectivity index (χ2n) is 8.30. The van der Waals surface area contributed by atoms with Crippen LogP contribution in [0.15, 0.2) is 59.0 Å². The van der Waals surface area contributed by atoms with Gasteiger partial charge in [0.25, 0.3) is 5.91 Å².